The lowest BCUT2D eigenvalue weighted by atomic mass is 10.3. The number of alkyl halides is 3. The van der Waals surface area contributed by atoms with Crippen LogP contribution in [-0.4, -0.2) is 26.5 Å². The lowest BCUT2D eigenvalue weighted by Gasteiger charge is -2.11. The number of sulfonamides is 1. The second-order valence-electron chi connectivity index (χ2n) is 4.95. The van der Waals surface area contributed by atoms with Gasteiger partial charge in [0.15, 0.2) is 0 Å². The van der Waals surface area contributed by atoms with Crippen molar-refractivity contribution in [2.24, 2.45) is 0 Å². The van der Waals surface area contributed by atoms with Crippen molar-refractivity contribution >= 4 is 39.0 Å². The first-order chi connectivity index (χ1) is 12.0. The zero-order chi connectivity index (χ0) is 19.5. The van der Waals surface area contributed by atoms with Gasteiger partial charge < -0.3 is 5.32 Å². The van der Waals surface area contributed by atoms with Crippen LogP contribution in [0.1, 0.15) is 5.56 Å². The molecule has 2 aromatic rings. The Balaban J connectivity index is 1.95. The summed E-state index contributed by atoms with van der Waals surface area (Å²) < 4.78 is 77.0. The van der Waals surface area contributed by atoms with Gasteiger partial charge in [0, 0.05) is 19.3 Å². The number of hydrogen-bond donors (Lipinski definition) is 2. The van der Waals surface area contributed by atoms with Crippen LogP contribution in [0.5, 0.6) is 0 Å². The fourth-order valence-corrected chi connectivity index (χ4v) is 3.35. The summed E-state index contributed by atoms with van der Waals surface area (Å²) in [6.07, 6.45) is -3.96. The van der Waals surface area contributed by atoms with Crippen LogP contribution in [0.2, 0.25) is 10.0 Å². The predicted molar refractivity (Wildman–Crippen MR) is 89.3 cm³/mol. The number of halogens is 6. The van der Waals surface area contributed by atoms with E-state index >= 15 is 0 Å². The molecule has 2 rings (SSSR count). The monoisotopic (exact) mass is 431 g/mol. The van der Waals surface area contributed by atoms with Crippen molar-refractivity contribution < 1.29 is 26.0 Å². The summed E-state index contributed by atoms with van der Waals surface area (Å²) in [6.45, 7) is -0.136. The highest BCUT2D eigenvalue weighted by atomic mass is 35.5. The number of pyridine rings is 1. The van der Waals surface area contributed by atoms with Crippen molar-refractivity contribution in [2.75, 3.05) is 18.4 Å². The van der Waals surface area contributed by atoms with E-state index in [0.29, 0.717) is 12.3 Å². The molecule has 1 aromatic heterocycles. The van der Waals surface area contributed by atoms with Gasteiger partial charge in [0.25, 0.3) is 0 Å². The van der Waals surface area contributed by atoms with E-state index in [1.807, 2.05) is 0 Å². The van der Waals surface area contributed by atoms with E-state index in [1.54, 1.807) is 0 Å². The van der Waals surface area contributed by atoms with Crippen LogP contribution in [0.4, 0.5) is 23.4 Å². The maximum Gasteiger partial charge on any atom is 0.417 e. The topological polar surface area (TPSA) is 71.1 Å². The SMILES string of the molecule is O=S(=O)(NCCNc1ncc(C(F)(F)F)cc1Cl)c1ccc(F)c(Cl)c1. The molecule has 0 saturated heterocycles. The minimum Gasteiger partial charge on any atom is -0.368 e. The van der Waals surface area contributed by atoms with E-state index in [-0.39, 0.29) is 33.8 Å². The number of nitrogens with zero attached hydrogens (tertiary/aromatic N) is 1. The molecule has 5 nitrogen and oxygen atoms in total. The van der Waals surface area contributed by atoms with Gasteiger partial charge in [-0.1, -0.05) is 23.2 Å². The van der Waals surface area contributed by atoms with Crippen molar-refractivity contribution in [1.82, 2.24) is 9.71 Å². The number of anilines is 1. The van der Waals surface area contributed by atoms with Gasteiger partial charge in [-0.3, -0.25) is 0 Å². The molecule has 0 unspecified atom stereocenters. The summed E-state index contributed by atoms with van der Waals surface area (Å²) >= 11 is 11.3. The Morgan fingerprint density at radius 1 is 1.08 bits per heavy atom. The summed E-state index contributed by atoms with van der Waals surface area (Å²) in [5.41, 5.74) is -0.998. The highest BCUT2D eigenvalue weighted by molar-refractivity contribution is 7.89. The Morgan fingerprint density at radius 2 is 1.77 bits per heavy atom. The van der Waals surface area contributed by atoms with Crippen LogP contribution in [0.3, 0.4) is 0 Å². The normalized spacial score (nSPS) is 12.2. The van der Waals surface area contributed by atoms with Crippen LogP contribution in [0.25, 0.3) is 0 Å². The minimum atomic E-state index is -4.57. The van der Waals surface area contributed by atoms with Crippen LogP contribution in [0, 0.1) is 5.82 Å². The van der Waals surface area contributed by atoms with Gasteiger partial charge in [0.05, 0.1) is 20.5 Å². The Morgan fingerprint density at radius 3 is 2.35 bits per heavy atom. The molecule has 0 saturated carbocycles. The first-order valence-corrected chi connectivity index (χ1v) is 9.16. The zero-order valence-electron chi connectivity index (χ0n) is 12.7. The molecule has 0 spiro atoms. The van der Waals surface area contributed by atoms with E-state index in [0.717, 1.165) is 18.2 Å². The molecule has 0 aliphatic heterocycles. The molecular weight excluding hydrogens is 421 g/mol. The standard InChI is InChI=1S/C14H11Cl2F4N3O2S/c15-10-6-9(1-2-12(10)17)26(24,25)23-4-3-21-13-11(16)5-8(7-22-13)14(18,19)20/h1-2,5-7,23H,3-4H2,(H,21,22). The molecule has 0 aliphatic carbocycles. The van der Waals surface area contributed by atoms with Gasteiger partial charge in [-0.25, -0.2) is 22.5 Å². The van der Waals surface area contributed by atoms with Crippen LogP contribution in [0.15, 0.2) is 35.4 Å². The Hall–Kier alpha value is -1.62. The number of rotatable bonds is 6. The molecule has 26 heavy (non-hydrogen) atoms. The van der Waals surface area contributed by atoms with Crippen molar-refractivity contribution in [3.05, 3.63) is 51.9 Å². The molecule has 0 bridgehead atoms. The lowest BCUT2D eigenvalue weighted by Crippen LogP contribution is -2.29. The highest BCUT2D eigenvalue weighted by Crippen LogP contribution is 2.32. The second kappa shape index (κ2) is 7.95. The van der Waals surface area contributed by atoms with Gasteiger partial charge in [-0.2, -0.15) is 13.2 Å². The maximum atomic E-state index is 13.1. The largest absolute Gasteiger partial charge is 0.417 e. The molecule has 0 atom stereocenters. The number of hydrogen-bond acceptors (Lipinski definition) is 4. The molecule has 0 radical (unpaired) electrons. The van der Waals surface area contributed by atoms with Crippen LogP contribution >= 0.6 is 23.2 Å². The molecule has 2 N–H and O–H groups in total. The molecule has 0 amide bonds. The van der Waals surface area contributed by atoms with E-state index in [1.165, 1.54) is 0 Å². The third-order valence-corrected chi connectivity index (χ3v) is 5.12. The summed E-state index contributed by atoms with van der Waals surface area (Å²) in [7, 11) is -3.93. The first-order valence-electron chi connectivity index (χ1n) is 6.92. The second-order valence-corrected chi connectivity index (χ2v) is 7.53. The zero-order valence-corrected chi connectivity index (χ0v) is 15.1. The molecule has 0 aliphatic rings. The van der Waals surface area contributed by atoms with Gasteiger partial charge in [-0.15, -0.1) is 0 Å². The summed E-state index contributed by atoms with van der Waals surface area (Å²) in [6, 6.07) is 3.63. The maximum absolute atomic E-state index is 13.1. The molecular formula is C14H11Cl2F4N3O2S. The molecule has 142 valence electrons. The summed E-state index contributed by atoms with van der Waals surface area (Å²) in [5.74, 6) is -0.779. The predicted octanol–water partition coefficient (Wildman–Crippen LogP) is 3.94. The fraction of sp³-hybridized carbons (Fsp3) is 0.214. The third-order valence-electron chi connectivity index (χ3n) is 3.08. The quantitative estimate of drug-likeness (QED) is 0.536. The number of benzene rings is 1. The number of nitrogens with one attached hydrogen (secondary N) is 2. The molecule has 0 fully saturated rings. The number of aromatic nitrogens is 1. The van der Waals surface area contributed by atoms with Gasteiger partial charge in [0.2, 0.25) is 10.0 Å². The van der Waals surface area contributed by atoms with Gasteiger partial charge >= 0.3 is 6.18 Å². The first kappa shape index (κ1) is 20.7. The van der Waals surface area contributed by atoms with Crippen LogP contribution in [-0.2, 0) is 16.2 Å². The van der Waals surface area contributed by atoms with E-state index < -0.39 is 27.6 Å². The van der Waals surface area contributed by atoms with Crippen molar-refractivity contribution in [3.8, 4) is 0 Å². The van der Waals surface area contributed by atoms with Crippen LogP contribution < -0.4 is 10.0 Å². The van der Waals surface area contributed by atoms with Crippen molar-refractivity contribution in [1.29, 1.82) is 0 Å². The minimum absolute atomic E-state index is 0.00770. The average molecular weight is 432 g/mol. The molecule has 1 heterocycles. The highest BCUT2D eigenvalue weighted by Gasteiger charge is 2.31. The molecule has 1 aromatic carbocycles. The Labute approximate surface area is 156 Å². The average Bonchev–Trinajstić information content (AvgIpc) is 2.54. The Kier molecular flexibility index (Phi) is 6.33. The summed E-state index contributed by atoms with van der Waals surface area (Å²) in [4.78, 5) is 3.33. The van der Waals surface area contributed by atoms with Crippen molar-refractivity contribution in [3.63, 3.8) is 0 Å². The van der Waals surface area contributed by atoms with Gasteiger partial charge in [0.1, 0.15) is 11.6 Å². The van der Waals surface area contributed by atoms with Crippen molar-refractivity contribution in [2.45, 2.75) is 11.1 Å². The van der Waals surface area contributed by atoms with E-state index in [2.05, 4.69) is 15.0 Å². The lowest BCUT2D eigenvalue weighted by molar-refractivity contribution is -0.137. The molecule has 12 heteroatoms. The smallest absolute Gasteiger partial charge is 0.368 e. The Bertz CT molecular complexity index is 908. The fourth-order valence-electron chi connectivity index (χ4n) is 1.82. The van der Waals surface area contributed by atoms with E-state index in [4.69, 9.17) is 23.2 Å². The third kappa shape index (κ3) is 5.19. The summed E-state index contributed by atoms with van der Waals surface area (Å²) in [5, 5.41) is 2.02. The van der Waals surface area contributed by atoms with Gasteiger partial charge in [-0.05, 0) is 24.3 Å². The van der Waals surface area contributed by atoms with E-state index in [9.17, 15) is 26.0 Å².